The number of phenols is 1. The highest BCUT2D eigenvalue weighted by Gasteiger charge is 2.14. The first-order valence-corrected chi connectivity index (χ1v) is 11.4. The molecule has 3 aromatic carbocycles. The van der Waals surface area contributed by atoms with Gasteiger partial charge in [0.1, 0.15) is 11.8 Å². The summed E-state index contributed by atoms with van der Waals surface area (Å²) in [4.78, 5) is 12.4. The largest absolute Gasteiger partial charge is 0.507 e. The zero-order valence-corrected chi connectivity index (χ0v) is 20.6. The molecule has 0 saturated carbocycles. The van der Waals surface area contributed by atoms with E-state index < -0.39 is 5.91 Å². The minimum Gasteiger partial charge on any atom is -0.507 e. The normalized spacial score (nSPS) is 11.2. The second-order valence-corrected chi connectivity index (χ2v) is 8.87. The van der Waals surface area contributed by atoms with Crippen molar-refractivity contribution in [3.63, 3.8) is 0 Å². The van der Waals surface area contributed by atoms with E-state index in [1.165, 1.54) is 51.6 Å². The second-order valence-electron chi connectivity index (χ2n) is 8.87. The van der Waals surface area contributed by atoms with Gasteiger partial charge in [0.2, 0.25) is 0 Å². The van der Waals surface area contributed by atoms with Crippen molar-refractivity contribution in [3.05, 3.63) is 98.7 Å². The Hall–Kier alpha value is -4.37. The van der Waals surface area contributed by atoms with Gasteiger partial charge in [-0.3, -0.25) is 4.79 Å². The van der Waals surface area contributed by atoms with E-state index >= 15 is 0 Å². The van der Waals surface area contributed by atoms with E-state index in [0.29, 0.717) is 0 Å². The molecule has 4 aromatic rings. The maximum Gasteiger partial charge on any atom is 0.271 e. The van der Waals surface area contributed by atoms with Crippen LogP contribution in [0.25, 0.3) is 10.9 Å². The molecule has 0 aliphatic heterocycles. The third kappa shape index (κ3) is 4.41. The summed E-state index contributed by atoms with van der Waals surface area (Å²) in [7, 11) is 0. The topological polar surface area (TPSA) is 90.4 Å². The van der Waals surface area contributed by atoms with E-state index in [4.69, 9.17) is 5.26 Å². The van der Waals surface area contributed by atoms with Gasteiger partial charge in [0.25, 0.3) is 5.91 Å². The summed E-state index contributed by atoms with van der Waals surface area (Å²) in [5.41, 5.74) is 12.8. The Balaban J connectivity index is 1.59. The summed E-state index contributed by atoms with van der Waals surface area (Å²) in [6.45, 7) is 11.7. The van der Waals surface area contributed by atoms with Crippen molar-refractivity contribution in [3.8, 4) is 11.8 Å². The summed E-state index contributed by atoms with van der Waals surface area (Å²) in [5.74, 6) is -0.622. The number of nitrogens with zero attached hydrogens (tertiary/aromatic N) is 3. The Bertz CT molecular complexity index is 1510. The summed E-state index contributed by atoms with van der Waals surface area (Å²) in [6.07, 6.45) is 3.71. The number of phenolic OH excluding ortho intramolecular Hbond substituents is 1. The van der Waals surface area contributed by atoms with Gasteiger partial charge in [-0.25, -0.2) is 5.43 Å². The average molecular weight is 465 g/mol. The van der Waals surface area contributed by atoms with Crippen molar-refractivity contribution >= 4 is 23.0 Å². The van der Waals surface area contributed by atoms with Crippen LogP contribution in [0, 0.1) is 45.9 Å². The van der Waals surface area contributed by atoms with Crippen LogP contribution in [0.5, 0.6) is 5.75 Å². The molecule has 176 valence electrons. The molecule has 0 aliphatic carbocycles. The number of fused-ring (bicyclic) bond motifs is 1. The van der Waals surface area contributed by atoms with Crippen LogP contribution in [-0.4, -0.2) is 21.8 Å². The number of hydrazone groups is 1. The predicted octanol–water partition coefficient (Wildman–Crippen LogP) is 5.57. The van der Waals surface area contributed by atoms with E-state index in [2.05, 4.69) is 68.0 Å². The van der Waals surface area contributed by atoms with Crippen LogP contribution >= 0.6 is 0 Å². The fraction of sp³-hybridized carbons (Fsp3) is 0.207. The number of hydrogen-bond donors (Lipinski definition) is 2. The molecule has 2 N–H and O–H groups in total. The lowest BCUT2D eigenvalue weighted by Crippen LogP contribution is -2.17. The molecule has 0 unspecified atom stereocenters. The summed E-state index contributed by atoms with van der Waals surface area (Å²) in [6, 6.07) is 14.0. The number of carbonyl (C=O) groups excluding carboxylic acids is 1. The Morgan fingerprint density at radius 2 is 1.71 bits per heavy atom. The van der Waals surface area contributed by atoms with Gasteiger partial charge < -0.3 is 9.67 Å². The van der Waals surface area contributed by atoms with Crippen LogP contribution in [0.4, 0.5) is 0 Å². The lowest BCUT2D eigenvalue weighted by molar-refractivity contribution is 0.0955. The molecule has 1 amide bonds. The van der Waals surface area contributed by atoms with E-state index in [9.17, 15) is 9.90 Å². The molecule has 0 aliphatic rings. The Morgan fingerprint density at radius 3 is 2.40 bits per heavy atom. The van der Waals surface area contributed by atoms with Gasteiger partial charge in [-0.15, -0.1) is 0 Å². The van der Waals surface area contributed by atoms with Crippen LogP contribution in [0.3, 0.4) is 0 Å². The Kier molecular flexibility index (Phi) is 6.44. The molecule has 1 aromatic heterocycles. The van der Waals surface area contributed by atoms with Crippen molar-refractivity contribution < 1.29 is 9.90 Å². The van der Waals surface area contributed by atoms with Crippen molar-refractivity contribution in [1.82, 2.24) is 9.99 Å². The fourth-order valence-corrected chi connectivity index (χ4v) is 4.47. The number of aromatic hydroxyl groups is 1. The maximum atomic E-state index is 12.4. The van der Waals surface area contributed by atoms with E-state index in [0.717, 1.165) is 23.0 Å². The van der Waals surface area contributed by atoms with Gasteiger partial charge in [-0.05, 0) is 98.3 Å². The van der Waals surface area contributed by atoms with E-state index in [-0.39, 0.29) is 16.9 Å². The average Bonchev–Trinajstić information content (AvgIpc) is 3.28. The lowest BCUT2D eigenvalue weighted by Gasteiger charge is -2.19. The van der Waals surface area contributed by atoms with Crippen LogP contribution in [0.15, 0.2) is 53.8 Å². The first-order valence-electron chi connectivity index (χ1n) is 11.4. The second kappa shape index (κ2) is 9.47. The zero-order valence-electron chi connectivity index (χ0n) is 20.6. The van der Waals surface area contributed by atoms with Crippen molar-refractivity contribution in [2.24, 2.45) is 5.10 Å². The van der Waals surface area contributed by atoms with Crippen LogP contribution < -0.4 is 5.43 Å². The van der Waals surface area contributed by atoms with Gasteiger partial charge in [-0.2, -0.15) is 10.4 Å². The molecular formula is C29H28N4O2. The smallest absolute Gasteiger partial charge is 0.271 e. The lowest BCUT2D eigenvalue weighted by atomic mass is 9.89. The first-order chi connectivity index (χ1) is 16.7. The van der Waals surface area contributed by atoms with Gasteiger partial charge in [-0.1, -0.05) is 12.1 Å². The van der Waals surface area contributed by atoms with Crippen molar-refractivity contribution in [1.29, 1.82) is 5.26 Å². The third-order valence-electron chi connectivity index (χ3n) is 7.08. The number of amides is 1. The highest BCUT2D eigenvalue weighted by molar-refractivity contribution is 6.00. The molecule has 4 rings (SSSR count). The first kappa shape index (κ1) is 23.8. The Morgan fingerprint density at radius 1 is 1.03 bits per heavy atom. The summed E-state index contributed by atoms with van der Waals surface area (Å²) >= 11 is 0. The number of nitriles is 1. The molecule has 0 radical (unpaired) electrons. The summed E-state index contributed by atoms with van der Waals surface area (Å²) < 4.78 is 2.24. The number of hydrogen-bond acceptors (Lipinski definition) is 4. The third-order valence-corrected chi connectivity index (χ3v) is 7.08. The monoisotopic (exact) mass is 464 g/mol. The predicted molar refractivity (Wildman–Crippen MR) is 139 cm³/mol. The number of carbonyl (C=O) groups is 1. The van der Waals surface area contributed by atoms with Gasteiger partial charge in [0, 0.05) is 34.8 Å². The maximum absolute atomic E-state index is 12.4. The number of benzene rings is 3. The standard InChI is InChI=1S/C29H28N4O2/c1-17-18(2)20(4)26(21(5)19(17)3)16-33-12-11-25-23(7-6-8-27(25)33)15-31-32-29(35)22-9-10-28(34)24(13-22)14-30/h6-13,15,34H,16H2,1-5H3,(H,32,35). The number of aromatic nitrogens is 1. The minimum atomic E-state index is -0.460. The van der Waals surface area contributed by atoms with E-state index in [1.807, 2.05) is 18.2 Å². The van der Waals surface area contributed by atoms with Crippen LogP contribution in [0.2, 0.25) is 0 Å². The molecule has 0 saturated heterocycles. The highest BCUT2D eigenvalue weighted by Crippen LogP contribution is 2.28. The highest BCUT2D eigenvalue weighted by atomic mass is 16.3. The van der Waals surface area contributed by atoms with Crippen molar-refractivity contribution in [2.45, 2.75) is 41.2 Å². The summed E-state index contributed by atoms with van der Waals surface area (Å²) in [5, 5.41) is 23.8. The SMILES string of the molecule is Cc1c(C)c(C)c(Cn2ccc3c(C=NNC(=O)c4ccc(O)c(C#N)c4)cccc32)c(C)c1C. The molecule has 1 heterocycles. The van der Waals surface area contributed by atoms with E-state index in [1.54, 1.807) is 6.21 Å². The van der Waals surface area contributed by atoms with Gasteiger partial charge in [0.15, 0.2) is 0 Å². The molecular weight excluding hydrogens is 436 g/mol. The quantitative estimate of drug-likeness (QED) is 0.299. The molecule has 6 nitrogen and oxygen atoms in total. The minimum absolute atomic E-state index is 0.0391. The molecule has 6 heteroatoms. The van der Waals surface area contributed by atoms with Crippen molar-refractivity contribution in [2.75, 3.05) is 0 Å². The molecule has 0 atom stereocenters. The fourth-order valence-electron chi connectivity index (χ4n) is 4.47. The molecule has 0 spiro atoms. The molecule has 0 bridgehead atoms. The van der Waals surface area contributed by atoms with Gasteiger partial charge in [0.05, 0.1) is 11.8 Å². The van der Waals surface area contributed by atoms with Gasteiger partial charge >= 0.3 is 0 Å². The molecule has 35 heavy (non-hydrogen) atoms. The number of rotatable bonds is 5. The number of nitrogens with one attached hydrogen (secondary N) is 1. The molecule has 0 fully saturated rings. The zero-order chi connectivity index (χ0) is 25.3. The Labute approximate surface area is 205 Å². The van der Waals surface area contributed by atoms with Crippen LogP contribution in [0.1, 0.15) is 54.9 Å². The van der Waals surface area contributed by atoms with Crippen LogP contribution in [-0.2, 0) is 6.54 Å².